The van der Waals surface area contributed by atoms with Crippen molar-refractivity contribution in [1.82, 2.24) is 0 Å². The summed E-state index contributed by atoms with van der Waals surface area (Å²) in [5.74, 6) is -1.03. The zero-order chi connectivity index (χ0) is 38.5. The smallest absolute Gasteiger partial charge is 0.744 e. The number of hydrogen-bond donors (Lipinski definition) is 2. The molecule has 2 N–H and O–H groups in total. The Morgan fingerprint density at radius 1 is 0.411 bits per heavy atom. The number of carbonyl (C=O) groups is 2. The summed E-state index contributed by atoms with van der Waals surface area (Å²) in [5, 5.41) is 3.65. The van der Waals surface area contributed by atoms with Gasteiger partial charge in [-0.3, -0.25) is 9.59 Å². The fraction of sp³-hybridized carbons (Fsp3) is 0.312. The Balaban J connectivity index is 0.00000756. The van der Waals surface area contributed by atoms with Crippen molar-refractivity contribution >= 4 is 85.2 Å². The van der Waals surface area contributed by atoms with Gasteiger partial charge in [0.05, 0.1) is 19.6 Å². The van der Waals surface area contributed by atoms with Gasteiger partial charge in [-0.2, -0.15) is 0 Å². The molecule has 0 fully saturated rings. The van der Waals surface area contributed by atoms with Crippen LogP contribution in [0.1, 0.15) is 64.2 Å². The molecule has 0 saturated heterocycles. The van der Waals surface area contributed by atoms with Crippen molar-refractivity contribution in [3.8, 4) is 0 Å². The Kier molecular flexibility index (Phi) is 23.8. The van der Waals surface area contributed by atoms with Gasteiger partial charge in [0.2, 0.25) is 11.8 Å². The third-order valence-electron chi connectivity index (χ3n) is 8.11. The number of unbranched alkanes of at least 4 members (excludes halogenated alkanes) is 7. The first-order valence-corrected chi connectivity index (χ1v) is 21.4. The zero-order valence-electron chi connectivity index (χ0n) is 31.2. The summed E-state index contributed by atoms with van der Waals surface area (Å²) < 4.78 is 141. The monoisotopic (exact) mass is 888 g/mol. The molecule has 0 spiro atoms. The van der Waals surface area contributed by atoms with E-state index in [9.17, 15) is 61.5 Å². The van der Waals surface area contributed by atoms with E-state index in [2.05, 4.69) is 10.6 Å². The molecular formula is C32H32N2Na4O14S4. The van der Waals surface area contributed by atoms with Gasteiger partial charge in [-0.1, -0.05) is 62.8 Å². The molecule has 0 aliphatic heterocycles. The van der Waals surface area contributed by atoms with Crippen LogP contribution in [0.15, 0.2) is 80.2 Å². The second kappa shape index (κ2) is 23.8. The van der Waals surface area contributed by atoms with Gasteiger partial charge in [0, 0.05) is 45.8 Å². The Bertz CT molecular complexity index is 2310. The first kappa shape index (κ1) is 56.0. The largest absolute Gasteiger partial charge is 1.00 e. The van der Waals surface area contributed by atoms with Crippen LogP contribution < -0.4 is 129 Å². The van der Waals surface area contributed by atoms with Crippen LogP contribution in [0.4, 0.5) is 11.4 Å². The molecule has 0 aromatic heterocycles. The molecule has 4 rings (SSSR count). The predicted molar refractivity (Wildman–Crippen MR) is 183 cm³/mol. The van der Waals surface area contributed by atoms with Crippen LogP contribution in [0.5, 0.6) is 0 Å². The van der Waals surface area contributed by atoms with Gasteiger partial charge in [-0.05, 0) is 49.2 Å². The van der Waals surface area contributed by atoms with Crippen molar-refractivity contribution in [2.75, 3.05) is 10.6 Å². The molecule has 2 amide bonds. The van der Waals surface area contributed by atoms with E-state index in [1.165, 1.54) is 12.1 Å². The van der Waals surface area contributed by atoms with E-state index in [0.717, 1.165) is 74.2 Å². The van der Waals surface area contributed by atoms with E-state index in [0.29, 0.717) is 25.7 Å². The molecule has 0 radical (unpaired) electrons. The Labute approximate surface area is 414 Å². The Morgan fingerprint density at radius 3 is 0.982 bits per heavy atom. The van der Waals surface area contributed by atoms with E-state index in [4.69, 9.17) is 0 Å². The number of nitrogens with one attached hydrogen (secondary N) is 2. The number of anilines is 2. The molecular weight excluding hydrogens is 857 g/mol. The van der Waals surface area contributed by atoms with E-state index in [-0.39, 0.29) is 164 Å². The SMILES string of the molecule is O=C(CCCCCCCCCCC(=O)Nc1ccc(S(=O)(=O)[O-])c2cccc(S(=O)(=O)[O-])c12)Nc1ccc(S(=O)(=O)[O-])c2cccc(S(=O)(=O)[O-])c12.[Na+].[Na+].[Na+].[Na+]. The van der Waals surface area contributed by atoms with Crippen molar-refractivity contribution in [1.29, 1.82) is 0 Å². The van der Waals surface area contributed by atoms with Crippen LogP contribution in [-0.4, -0.2) is 63.7 Å². The Hall–Kier alpha value is -0.0200. The molecule has 56 heavy (non-hydrogen) atoms. The van der Waals surface area contributed by atoms with Crippen LogP contribution in [0.25, 0.3) is 21.5 Å². The molecule has 0 aliphatic rings. The van der Waals surface area contributed by atoms with Gasteiger partial charge in [-0.15, -0.1) is 0 Å². The fourth-order valence-electron chi connectivity index (χ4n) is 5.81. The summed E-state index contributed by atoms with van der Waals surface area (Å²) in [6.07, 6.45) is 5.55. The van der Waals surface area contributed by atoms with Crippen LogP contribution in [0.3, 0.4) is 0 Å². The number of amides is 2. The van der Waals surface area contributed by atoms with Gasteiger partial charge < -0.3 is 28.8 Å². The van der Waals surface area contributed by atoms with Gasteiger partial charge in [0.15, 0.2) is 0 Å². The minimum Gasteiger partial charge on any atom is -0.744 e. The van der Waals surface area contributed by atoms with Crippen molar-refractivity contribution in [2.24, 2.45) is 0 Å². The second-order valence-corrected chi connectivity index (χ2v) is 17.2. The van der Waals surface area contributed by atoms with E-state index >= 15 is 0 Å². The van der Waals surface area contributed by atoms with Crippen molar-refractivity contribution < 1.29 is 180 Å². The number of fused-ring (bicyclic) bond motifs is 2. The van der Waals surface area contributed by atoms with Gasteiger partial charge in [0.25, 0.3) is 0 Å². The average Bonchev–Trinajstić information content (AvgIpc) is 3.03. The van der Waals surface area contributed by atoms with E-state index in [1.54, 1.807) is 0 Å². The molecule has 0 atom stereocenters. The summed E-state index contributed by atoms with van der Waals surface area (Å²) >= 11 is 0. The second-order valence-electron chi connectivity index (χ2n) is 11.8. The minimum atomic E-state index is -5.09. The zero-order valence-corrected chi connectivity index (χ0v) is 42.5. The molecule has 24 heteroatoms. The molecule has 0 bridgehead atoms. The fourth-order valence-corrected chi connectivity index (χ4v) is 8.59. The molecule has 0 aliphatic carbocycles. The van der Waals surface area contributed by atoms with Crippen LogP contribution >= 0.6 is 0 Å². The third kappa shape index (κ3) is 15.5. The van der Waals surface area contributed by atoms with Gasteiger partial charge in [0.1, 0.15) is 40.5 Å². The standard InChI is InChI=1S/C32H36N2O14S4.4Na/c35-29(33-23-17-19-25(49(37,38)39)21-11-9-13-27(31(21)23)51(43,44)45)15-7-5-3-1-2-4-6-8-16-30(36)34-24-18-20-26(50(40,41)42)22-12-10-14-28(32(22)24)52(46,47)48;;;;/h9-14,17-20H,1-8,15-16H2,(H,33,35)(H,34,36)(H,37,38,39)(H,40,41,42)(H,43,44,45)(H,46,47,48);;;;/q;4*+1/p-4. The maximum Gasteiger partial charge on any atom is 1.00 e. The van der Waals surface area contributed by atoms with Crippen LogP contribution in [0.2, 0.25) is 0 Å². The first-order valence-electron chi connectivity index (χ1n) is 15.7. The maximum absolute atomic E-state index is 12.6. The molecule has 0 heterocycles. The number of benzene rings is 4. The molecule has 16 nitrogen and oxygen atoms in total. The molecule has 4 aromatic rings. The number of rotatable bonds is 17. The maximum atomic E-state index is 12.6. The number of carbonyl (C=O) groups excluding carboxylic acids is 2. The Morgan fingerprint density at radius 2 is 0.696 bits per heavy atom. The first-order chi connectivity index (χ1) is 24.2. The van der Waals surface area contributed by atoms with E-state index in [1.807, 2.05) is 0 Å². The van der Waals surface area contributed by atoms with Crippen molar-refractivity contribution in [2.45, 2.75) is 83.8 Å². The summed E-state index contributed by atoms with van der Waals surface area (Å²) in [6.45, 7) is 0. The summed E-state index contributed by atoms with van der Waals surface area (Å²) in [4.78, 5) is 22.2. The van der Waals surface area contributed by atoms with Gasteiger partial charge >= 0.3 is 118 Å². The van der Waals surface area contributed by atoms with Crippen molar-refractivity contribution in [3.63, 3.8) is 0 Å². The third-order valence-corrected chi connectivity index (χ3v) is 11.7. The molecule has 0 unspecified atom stereocenters. The minimum absolute atomic E-state index is 0. The molecule has 4 aromatic carbocycles. The summed E-state index contributed by atoms with van der Waals surface area (Å²) in [6, 6.07) is 10.5. The van der Waals surface area contributed by atoms with E-state index < -0.39 is 71.9 Å². The van der Waals surface area contributed by atoms with Crippen LogP contribution in [-0.2, 0) is 50.1 Å². The van der Waals surface area contributed by atoms with Crippen molar-refractivity contribution in [3.05, 3.63) is 60.7 Å². The topological polar surface area (TPSA) is 287 Å². The average molecular weight is 889 g/mol. The summed E-state index contributed by atoms with van der Waals surface area (Å²) in [5.41, 5.74) is -0.255. The summed E-state index contributed by atoms with van der Waals surface area (Å²) in [7, 11) is -20.2. The van der Waals surface area contributed by atoms with Gasteiger partial charge in [-0.25, -0.2) is 33.7 Å². The normalized spacial score (nSPS) is 11.7. The quantitative estimate of drug-likeness (QED) is 0.0566. The number of hydrogen-bond acceptors (Lipinski definition) is 14. The predicted octanol–water partition coefficient (Wildman–Crippen LogP) is -7.90. The van der Waals surface area contributed by atoms with Crippen LogP contribution in [0, 0.1) is 0 Å². The molecule has 0 saturated carbocycles. The molecule has 282 valence electrons.